The summed E-state index contributed by atoms with van der Waals surface area (Å²) < 4.78 is 17.5. The Balaban J connectivity index is 1.52. The van der Waals surface area contributed by atoms with Gasteiger partial charge < -0.3 is 14.2 Å². The third-order valence-corrected chi connectivity index (χ3v) is 6.22. The lowest BCUT2D eigenvalue weighted by atomic mass is 10.00. The lowest BCUT2D eigenvalue weighted by molar-refractivity contribution is 0.217. The van der Waals surface area contributed by atoms with Gasteiger partial charge in [-0.15, -0.1) is 0 Å². The summed E-state index contributed by atoms with van der Waals surface area (Å²) in [5.41, 5.74) is 5.20. The van der Waals surface area contributed by atoms with Gasteiger partial charge in [0.15, 0.2) is 11.5 Å². The van der Waals surface area contributed by atoms with Crippen LogP contribution in [0.2, 0.25) is 5.02 Å². The largest absolute Gasteiger partial charge is 0.496 e. The van der Waals surface area contributed by atoms with Crippen LogP contribution in [0.4, 0.5) is 0 Å². The van der Waals surface area contributed by atoms with Gasteiger partial charge in [0.25, 0.3) is 0 Å². The van der Waals surface area contributed by atoms with Gasteiger partial charge in [0, 0.05) is 47.4 Å². The molecule has 4 aromatic rings. The topological polar surface area (TPSA) is 43.8 Å². The van der Waals surface area contributed by atoms with Crippen molar-refractivity contribution in [2.24, 2.45) is 0 Å². The fourth-order valence-electron chi connectivity index (χ4n) is 4.42. The van der Waals surface area contributed by atoms with E-state index in [1.165, 1.54) is 5.56 Å². The number of para-hydroxylation sites is 1. The summed E-state index contributed by atoms with van der Waals surface area (Å²) >= 11 is 6.30. The third-order valence-electron chi connectivity index (χ3n) is 5.98. The molecule has 1 aliphatic rings. The first-order valence-electron chi connectivity index (χ1n) is 10.9. The Morgan fingerprint density at radius 1 is 1.00 bits per heavy atom. The molecule has 6 heteroatoms. The van der Waals surface area contributed by atoms with Crippen molar-refractivity contribution >= 4 is 22.5 Å². The molecule has 0 N–H and O–H groups in total. The molecule has 0 radical (unpaired) electrons. The molecule has 33 heavy (non-hydrogen) atoms. The van der Waals surface area contributed by atoms with E-state index in [0.29, 0.717) is 17.4 Å². The molecule has 168 valence electrons. The standard InChI is InChI=1S/C27H25ClN2O3/c1-31-24-9-8-22(28)15-23(24)20-13-21-17-30(11-12-33-27(21)25(14-20)32-2)16-19-6-3-5-18-7-4-10-29-26(18)19/h3-10,13-15H,11-12,16-17H2,1-2H3. The van der Waals surface area contributed by atoms with Gasteiger partial charge in [0.05, 0.1) is 19.7 Å². The van der Waals surface area contributed by atoms with Gasteiger partial charge in [0.1, 0.15) is 12.4 Å². The fraction of sp³-hybridized carbons (Fsp3) is 0.222. The minimum atomic E-state index is 0.585. The molecule has 2 heterocycles. The molecule has 0 spiro atoms. The van der Waals surface area contributed by atoms with Crippen LogP contribution in [0.15, 0.2) is 66.9 Å². The van der Waals surface area contributed by atoms with E-state index in [-0.39, 0.29) is 0 Å². The number of methoxy groups -OCH3 is 2. The maximum atomic E-state index is 6.30. The molecular weight excluding hydrogens is 436 g/mol. The molecule has 0 unspecified atom stereocenters. The molecule has 0 fully saturated rings. The van der Waals surface area contributed by atoms with E-state index in [9.17, 15) is 0 Å². The molecule has 0 saturated heterocycles. The Labute approximate surface area is 198 Å². The van der Waals surface area contributed by atoms with E-state index >= 15 is 0 Å². The van der Waals surface area contributed by atoms with Gasteiger partial charge in [0.2, 0.25) is 0 Å². The zero-order chi connectivity index (χ0) is 22.8. The van der Waals surface area contributed by atoms with Gasteiger partial charge in [-0.1, -0.05) is 35.9 Å². The molecular formula is C27H25ClN2O3. The molecule has 3 aromatic carbocycles. The first-order valence-corrected chi connectivity index (χ1v) is 11.3. The first kappa shape index (κ1) is 21.6. The van der Waals surface area contributed by atoms with E-state index < -0.39 is 0 Å². The number of ether oxygens (including phenoxy) is 3. The number of pyridine rings is 1. The average Bonchev–Trinajstić information content (AvgIpc) is 3.05. The predicted octanol–water partition coefficient (Wildman–Crippen LogP) is 5.97. The maximum absolute atomic E-state index is 6.30. The minimum absolute atomic E-state index is 0.585. The van der Waals surface area contributed by atoms with Crippen molar-refractivity contribution in [3.63, 3.8) is 0 Å². The number of hydrogen-bond acceptors (Lipinski definition) is 5. The van der Waals surface area contributed by atoms with Crippen LogP contribution in [-0.2, 0) is 13.1 Å². The van der Waals surface area contributed by atoms with E-state index in [2.05, 4.69) is 40.2 Å². The van der Waals surface area contributed by atoms with Crippen LogP contribution in [0.25, 0.3) is 22.0 Å². The van der Waals surface area contributed by atoms with E-state index in [1.54, 1.807) is 14.2 Å². The Hall–Kier alpha value is -3.28. The van der Waals surface area contributed by atoms with Gasteiger partial charge in [-0.3, -0.25) is 9.88 Å². The molecule has 0 aliphatic carbocycles. The van der Waals surface area contributed by atoms with Crippen LogP contribution in [0.3, 0.4) is 0 Å². The first-order chi connectivity index (χ1) is 16.2. The average molecular weight is 461 g/mol. The molecule has 5 nitrogen and oxygen atoms in total. The lowest BCUT2D eigenvalue weighted by Crippen LogP contribution is -2.25. The maximum Gasteiger partial charge on any atom is 0.165 e. The normalized spacial score (nSPS) is 13.8. The molecule has 5 rings (SSSR count). The van der Waals surface area contributed by atoms with Crippen LogP contribution >= 0.6 is 11.6 Å². The summed E-state index contributed by atoms with van der Waals surface area (Å²) in [5, 5.41) is 1.81. The Morgan fingerprint density at radius 3 is 2.70 bits per heavy atom. The highest BCUT2D eigenvalue weighted by atomic mass is 35.5. The van der Waals surface area contributed by atoms with Crippen LogP contribution in [0, 0.1) is 0 Å². The van der Waals surface area contributed by atoms with Crippen molar-refractivity contribution in [3.05, 3.63) is 83.0 Å². The summed E-state index contributed by atoms with van der Waals surface area (Å²) in [6.07, 6.45) is 1.85. The van der Waals surface area contributed by atoms with Crippen LogP contribution in [0.5, 0.6) is 17.2 Å². The fourth-order valence-corrected chi connectivity index (χ4v) is 4.59. The van der Waals surface area contributed by atoms with E-state index in [1.807, 2.05) is 36.5 Å². The summed E-state index contributed by atoms with van der Waals surface area (Å²) in [4.78, 5) is 7.00. The number of aromatic nitrogens is 1. The van der Waals surface area contributed by atoms with Crippen molar-refractivity contribution in [3.8, 4) is 28.4 Å². The van der Waals surface area contributed by atoms with Crippen molar-refractivity contribution < 1.29 is 14.2 Å². The molecule has 0 saturated carbocycles. The van der Waals surface area contributed by atoms with Gasteiger partial charge >= 0.3 is 0 Å². The minimum Gasteiger partial charge on any atom is -0.496 e. The summed E-state index contributed by atoms with van der Waals surface area (Å²) in [6, 6.07) is 20.2. The van der Waals surface area contributed by atoms with Crippen molar-refractivity contribution in [1.29, 1.82) is 0 Å². The highest BCUT2D eigenvalue weighted by Crippen LogP contribution is 2.41. The van der Waals surface area contributed by atoms with Crippen molar-refractivity contribution in [2.75, 3.05) is 27.4 Å². The zero-order valence-corrected chi connectivity index (χ0v) is 19.4. The number of rotatable bonds is 5. The number of benzene rings is 3. The van der Waals surface area contributed by atoms with E-state index in [4.69, 9.17) is 25.8 Å². The monoisotopic (exact) mass is 460 g/mol. The number of halogens is 1. The summed E-state index contributed by atoms with van der Waals surface area (Å²) in [7, 11) is 3.33. The Bertz CT molecular complexity index is 1300. The van der Waals surface area contributed by atoms with Crippen LogP contribution in [0.1, 0.15) is 11.1 Å². The van der Waals surface area contributed by atoms with Gasteiger partial charge in [-0.2, -0.15) is 0 Å². The van der Waals surface area contributed by atoms with Crippen molar-refractivity contribution in [1.82, 2.24) is 9.88 Å². The molecule has 1 aromatic heterocycles. The SMILES string of the molecule is COc1ccc(Cl)cc1-c1cc2c(c(OC)c1)OCCN(Cc1cccc3cccnc13)C2. The van der Waals surface area contributed by atoms with Crippen molar-refractivity contribution in [2.45, 2.75) is 13.1 Å². The third kappa shape index (κ3) is 4.34. The van der Waals surface area contributed by atoms with E-state index in [0.717, 1.165) is 58.7 Å². The van der Waals surface area contributed by atoms with Crippen LogP contribution in [-0.4, -0.2) is 37.3 Å². The van der Waals surface area contributed by atoms with Gasteiger partial charge in [-0.25, -0.2) is 0 Å². The highest BCUT2D eigenvalue weighted by molar-refractivity contribution is 6.31. The highest BCUT2D eigenvalue weighted by Gasteiger charge is 2.22. The number of fused-ring (bicyclic) bond motifs is 2. The number of hydrogen-bond donors (Lipinski definition) is 0. The Morgan fingerprint density at radius 2 is 1.85 bits per heavy atom. The summed E-state index contributed by atoms with van der Waals surface area (Å²) in [6.45, 7) is 2.90. The second-order valence-electron chi connectivity index (χ2n) is 8.06. The number of nitrogens with zero attached hydrogens (tertiary/aromatic N) is 2. The predicted molar refractivity (Wildman–Crippen MR) is 131 cm³/mol. The molecule has 0 bridgehead atoms. The Kier molecular flexibility index (Phi) is 6.07. The second-order valence-corrected chi connectivity index (χ2v) is 8.50. The van der Waals surface area contributed by atoms with Crippen LogP contribution < -0.4 is 14.2 Å². The summed E-state index contributed by atoms with van der Waals surface area (Å²) in [5.74, 6) is 2.26. The van der Waals surface area contributed by atoms with Gasteiger partial charge in [-0.05, 0) is 47.5 Å². The molecule has 0 amide bonds. The second kappa shape index (κ2) is 9.30. The zero-order valence-electron chi connectivity index (χ0n) is 18.7. The lowest BCUT2D eigenvalue weighted by Gasteiger charge is -2.21. The smallest absolute Gasteiger partial charge is 0.165 e. The quantitative estimate of drug-likeness (QED) is 0.367. The molecule has 1 aliphatic heterocycles. The molecule has 0 atom stereocenters.